The molecule has 3 unspecified atom stereocenters. The van der Waals surface area contributed by atoms with E-state index >= 15 is 0 Å². The summed E-state index contributed by atoms with van der Waals surface area (Å²) in [7, 11) is 0. The van der Waals surface area contributed by atoms with Crippen LogP contribution in [0.2, 0.25) is 0 Å². The smallest absolute Gasteiger partial charge is 0.311 e. The Bertz CT molecular complexity index is 1600. The predicted octanol–water partition coefficient (Wildman–Crippen LogP) is 3.66. The van der Waals surface area contributed by atoms with Crippen molar-refractivity contribution in [3.05, 3.63) is 75.6 Å². The van der Waals surface area contributed by atoms with Crippen LogP contribution in [0, 0.1) is 27.9 Å². The number of phenolic OH excluding ortho intramolecular Hbond substituents is 1. The highest BCUT2D eigenvalue weighted by atomic mass is 16.6. The Morgan fingerprint density at radius 1 is 1.15 bits per heavy atom. The first-order valence-electron chi connectivity index (χ1n) is 15.2. The summed E-state index contributed by atoms with van der Waals surface area (Å²) in [6.07, 6.45) is 1.65. The summed E-state index contributed by atoms with van der Waals surface area (Å²) in [5.74, 6) is -2.26. The zero-order chi connectivity index (χ0) is 33.5. The van der Waals surface area contributed by atoms with Gasteiger partial charge in [0, 0.05) is 31.6 Å². The molecule has 1 aliphatic heterocycles. The maximum atomic E-state index is 12.7. The molecule has 4 rings (SSSR count). The van der Waals surface area contributed by atoms with Gasteiger partial charge in [0.15, 0.2) is 5.75 Å². The Balaban J connectivity index is 1.32. The van der Waals surface area contributed by atoms with Crippen molar-refractivity contribution < 1.29 is 33.9 Å². The average Bonchev–Trinajstić information content (AvgIpc) is 3.59. The van der Waals surface area contributed by atoms with Gasteiger partial charge in [-0.3, -0.25) is 38.9 Å². The number of nitro groups is 1. The molecule has 3 atom stereocenters. The number of carbonyl (C=O) groups excluding carboxylic acids is 4. The average molecular weight is 635 g/mol. The SMILES string of the molecule is CCC(C)C(=O)OC(Cc1cn(CCNC(=O)Cc2ccc(N3C(=O)CC(C(C)C)C3=O)cc2)nn1)c1ccc(O)c([N+](=O)[O-])c1. The van der Waals surface area contributed by atoms with Gasteiger partial charge in [-0.2, -0.15) is 0 Å². The highest BCUT2D eigenvalue weighted by molar-refractivity contribution is 6.21. The van der Waals surface area contributed by atoms with Crippen LogP contribution < -0.4 is 10.2 Å². The Morgan fingerprint density at radius 3 is 2.50 bits per heavy atom. The van der Waals surface area contributed by atoms with Gasteiger partial charge in [-0.1, -0.05) is 51.1 Å². The summed E-state index contributed by atoms with van der Waals surface area (Å²) in [6, 6.07) is 10.6. The van der Waals surface area contributed by atoms with E-state index in [1.165, 1.54) is 27.8 Å². The molecule has 2 N–H and O–H groups in total. The Hall–Kier alpha value is -5.14. The molecule has 0 saturated carbocycles. The number of hydrogen-bond acceptors (Lipinski definition) is 10. The first kappa shape index (κ1) is 33.7. The van der Waals surface area contributed by atoms with E-state index in [-0.39, 0.29) is 61.3 Å². The molecule has 1 saturated heterocycles. The lowest BCUT2D eigenvalue weighted by Gasteiger charge is -2.19. The monoisotopic (exact) mass is 634 g/mol. The lowest BCUT2D eigenvalue weighted by atomic mass is 9.94. The van der Waals surface area contributed by atoms with Gasteiger partial charge in [-0.05, 0) is 41.7 Å². The zero-order valence-electron chi connectivity index (χ0n) is 26.2. The van der Waals surface area contributed by atoms with Gasteiger partial charge in [0.2, 0.25) is 17.7 Å². The number of benzene rings is 2. The number of amides is 3. The lowest BCUT2D eigenvalue weighted by Crippen LogP contribution is -2.31. The van der Waals surface area contributed by atoms with E-state index in [1.54, 1.807) is 37.4 Å². The number of esters is 1. The second-order valence-electron chi connectivity index (χ2n) is 11.7. The van der Waals surface area contributed by atoms with Crippen LogP contribution in [0.4, 0.5) is 11.4 Å². The number of imide groups is 1. The van der Waals surface area contributed by atoms with Crippen LogP contribution in [0.15, 0.2) is 48.7 Å². The van der Waals surface area contributed by atoms with Gasteiger partial charge in [0.05, 0.1) is 41.1 Å². The molecule has 1 fully saturated rings. The number of phenols is 1. The van der Waals surface area contributed by atoms with Gasteiger partial charge in [-0.15, -0.1) is 5.10 Å². The second kappa shape index (κ2) is 14.8. The Labute approximate surface area is 265 Å². The maximum absolute atomic E-state index is 12.7. The number of hydrogen-bond donors (Lipinski definition) is 2. The molecule has 1 aliphatic rings. The molecule has 1 aromatic heterocycles. The molecule has 3 aromatic rings. The van der Waals surface area contributed by atoms with Crippen molar-refractivity contribution in [3.63, 3.8) is 0 Å². The molecule has 0 spiro atoms. The number of anilines is 1. The molecule has 0 aliphatic carbocycles. The highest BCUT2D eigenvalue weighted by Crippen LogP contribution is 2.33. The number of nitro benzene ring substituents is 1. The fourth-order valence-electron chi connectivity index (χ4n) is 5.04. The summed E-state index contributed by atoms with van der Waals surface area (Å²) in [6.45, 7) is 7.96. The molecule has 46 heavy (non-hydrogen) atoms. The summed E-state index contributed by atoms with van der Waals surface area (Å²) >= 11 is 0. The molecular weight excluding hydrogens is 596 g/mol. The quantitative estimate of drug-likeness (QED) is 0.115. The zero-order valence-corrected chi connectivity index (χ0v) is 26.2. The number of nitrogens with zero attached hydrogens (tertiary/aromatic N) is 5. The standard InChI is InChI=1S/C32H38N6O8/c1-5-20(4)32(43)46-28(22-8-11-27(39)26(15-22)38(44)45)16-23-18-36(35-34-23)13-12-33-29(40)14-21-6-9-24(10-7-21)37-30(41)17-25(19(2)3)31(37)42/h6-11,15,18-20,25,28,39H,5,12-14,16-17H2,1-4H3,(H,33,40). The Morgan fingerprint density at radius 2 is 1.87 bits per heavy atom. The minimum absolute atomic E-state index is 0.0706. The van der Waals surface area contributed by atoms with Gasteiger partial charge >= 0.3 is 11.7 Å². The third-order valence-electron chi connectivity index (χ3n) is 8.03. The molecule has 3 amide bonds. The topological polar surface area (TPSA) is 187 Å². The van der Waals surface area contributed by atoms with E-state index in [2.05, 4.69) is 15.6 Å². The van der Waals surface area contributed by atoms with Crippen LogP contribution >= 0.6 is 0 Å². The molecule has 2 heterocycles. The van der Waals surface area contributed by atoms with E-state index in [4.69, 9.17) is 4.74 Å². The predicted molar refractivity (Wildman–Crippen MR) is 165 cm³/mol. The van der Waals surface area contributed by atoms with E-state index in [1.807, 2.05) is 20.8 Å². The fraction of sp³-hybridized carbons (Fsp3) is 0.438. The number of rotatable bonds is 14. The molecule has 0 radical (unpaired) electrons. The fourth-order valence-corrected chi connectivity index (χ4v) is 5.04. The summed E-state index contributed by atoms with van der Waals surface area (Å²) < 4.78 is 7.21. The van der Waals surface area contributed by atoms with Crippen molar-refractivity contribution in [3.8, 4) is 5.75 Å². The van der Waals surface area contributed by atoms with Crippen LogP contribution in [0.1, 0.15) is 63.5 Å². The molecule has 0 bridgehead atoms. The summed E-state index contributed by atoms with van der Waals surface area (Å²) in [5, 5.41) is 32.2. The largest absolute Gasteiger partial charge is 0.502 e. The number of carbonyl (C=O) groups is 4. The van der Waals surface area contributed by atoms with Crippen molar-refractivity contribution in [2.45, 2.75) is 66.0 Å². The van der Waals surface area contributed by atoms with E-state index < -0.39 is 28.4 Å². The first-order chi connectivity index (χ1) is 21.9. The van der Waals surface area contributed by atoms with Crippen LogP contribution in [-0.4, -0.2) is 55.3 Å². The van der Waals surface area contributed by atoms with Crippen LogP contribution in [0.5, 0.6) is 5.75 Å². The van der Waals surface area contributed by atoms with Crippen LogP contribution in [-0.2, 0) is 43.3 Å². The van der Waals surface area contributed by atoms with Crippen molar-refractivity contribution >= 4 is 35.1 Å². The van der Waals surface area contributed by atoms with Crippen LogP contribution in [0.25, 0.3) is 0 Å². The summed E-state index contributed by atoms with van der Waals surface area (Å²) in [5.41, 5.74) is 1.49. The van der Waals surface area contributed by atoms with Gasteiger partial charge in [0.1, 0.15) is 6.10 Å². The maximum Gasteiger partial charge on any atom is 0.311 e. The Kier molecular flexibility index (Phi) is 10.8. The lowest BCUT2D eigenvalue weighted by molar-refractivity contribution is -0.386. The highest BCUT2D eigenvalue weighted by Gasteiger charge is 2.40. The number of aromatic nitrogens is 3. The van der Waals surface area contributed by atoms with Gasteiger partial charge < -0.3 is 15.2 Å². The summed E-state index contributed by atoms with van der Waals surface area (Å²) in [4.78, 5) is 62.1. The van der Waals surface area contributed by atoms with E-state index in [0.29, 0.717) is 29.9 Å². The van der Waals surface area contributed by atoms with Crippen molar-refractivity contribution in [1.82, 2.24) is 20.3 Å². The first-order valence-corrected chi connectivity index (χ1v) is 15.2. The molecule has 244 valence electrons. The second-order valence-corrected chi connectivity index (χ2v) is 11.7. The third-order valence-corrected chi connectivity index (χ3v) is 8.03. The van der Waals surface area contributed by atoms with Gasteiger partial charge in [0.25, 0.3) is 0 Å². The molecular formula is C32H38N6O8. The van der Waals surface area contributed by atoms with Crippen molar-refractivity contribution in [2.75, 3.05) is 11.4 Å². The third kappa shape index (κ3) is 8.11. The molecule has 2 aromatic carbocycles. The molecule has 14 heteroatoms. The van der Waals surface area contributed by atoms with E-state index in [0.717, 1.165) is 5.56 Å². The normalized spacial score (nSPS) is 16.0. The number of nitrogens with one attached hydrogen (secondary N) is 1. The minimum atomic E-state index is -0.907. The van der Waals surface area contributed by atoms with Gasteiger partial charge in [-0.25, -0.2) is 0 Å². The minimum Gasteiger partial charge on any atom is -0.502 e. The van der Waals surface area contributed by atoms with Crippen molar-refractivity contribution in [2.24, 2.45) is 17.8 Å². The molecule has 14 nitrogen and oxygen atoms in total. The van der Waals surface area contributed by atoms with Crippen molar-refractivity contribution in [1.29, 1.82) is 0 Å². The number of ether oxygens (including phenoxy) is 1. The van der Waals surface area contributed by atoms with Crippen LogP contribution in [0.3, 0.4) is 0 Å². The van der Waals surface area contributed by atoms with E-state index in [9.17, 15) is 34.4 Å². The number of aromatic hydroxyl groups is 1.